The number of piperazine rings is 1. The third-order valence-electron chi connectivity index (χ3n) is 3.27. The summed E-state index contributed by atoms with van der Waals surface area (Å²) in [5.74, 6) is 0.619. The molecule has 0 bridgehead atoms. The molecule has 3 heteroatoms. The van der Waals surface area contributed by atoms with Crippen LogP contribution in [0.5, 0.6) is 0 Å². The third kappa shape index (κ3) is 3.47. The Morgan fingerprint density at radius 3 is 2.59 bits per heavy atom. The smallest absolute Gasteiger partial charge is 0.0728 e. The maximum Gasteiger partial charge on any atom is 0.0728 e. The molecule has 17 heavy (non-hydrogen) atoms. The van der Waals surface area contributed by atoms with Crippen LogP contribution in [0.15, 0.2) is 29.2 Å². The fourth-order valence-corrected chi connectivity index (χ4v) is 3.09. The lowest BCUT2D eigenvalue weighted by Gasteiger charge is -2.32. The minimum absolute atomic E-state index is 0.564. The average Bonchev–Trinajstić information content (AvgIpc) is 2.33. The lowest BCUT2D eigenvalue weighted by Crippen LogP contribution is -2.47. The highest BCUT2D eigenvalue weighted by molar-refractivity contribution is 7.99. The quantitative estimate of drug-likeness (QED) is 0.888. The first-order valence-corrected chi connectivity index (χ1v) is 7.22. The SMILES string of the molecule is CC(C)c1ccc(SC2CNCCN2C)cc1. The molecule has 1 aliphatic rings. The summed E-state index contributed by atoms with van der Waals surface area (Å²) in [5.41, 5.74) is 1.42. The molecule has 1 unspecified atom stereocenters. The molecule has 94 valence electrons. The summed E-state index contributed by atoms with van der Waals surface area (Å²) in [6.07, 6.45) is 0. The number of hydrogen-bond acceptors (Lipinski definition) is 3. The average molecular weight is 250 g/mol. The van der Waals surface area contributed by atoms with Crippen molar-refractivity contribution in [2.75, 3.05) is 26.7 Å². The number of nitrogens with zero attached hydrogens (tertiary/aromatic N) is 1. The Hall–Kier alpha value is -0.510. The summed E-state index contributed by atoms with van der Waals surface area (Å²) in [7, 11) is 2.21. The van der Waals surface area contributed by atoms with E-state index in [4.69, 9.17) is 0 Å². The molecule has 0 aromatic heterocycles. The molecule has 0 saturated carbocycles. The largest absolute Gasteiger partial charge is 0.313 e. The molecular formula is C14H22N2S. The molecule has 2 nitrogen and oxygen atoms in total. The number of benzene rings is 1. The summed E-state index contributed by atoms with van der Waals surface area (Å²) < 4.78 is 0. The van der Waals surface area contributed by atoms with Gasteiger partial charge in [-0.25, -0.2) is 0 Å². The molecule has 1 aromatic rings. The van der Waals surface area contributed by atoms with E-state index in [2.05, 4.69) is 55.4 Å². The van der Waals surface area contributed by atoms with Gasteiger partial charge in [-0.05, 0) is 30.7 Å². The molecule has 1 fully saturated rings. The summed E-state index contributed by atoms with van der Waals surface area (Å²) in [6.45, 7) is 7.80. The minimum atomic E-state index is 0.564. The van der Waals surface area contributed by atoms with Crippen LogP contribution in [-0.2, 0) is 0 Å². The second-order valence-electron chi connectivity index (χ2n) is 4.98. The zero-order valence-corrected chi connectivity index (χ0v) is 11.8. The van der Waals surface area contributed by atoms with Crippen LogP contribution in [0.1, 0.15) is 25.3 Å². The molecule has 1 aromatic carbocycles. The van der Waals surface area contributed by atoms with Crippen LogP contribution >= 0.6 is 11.8 Å². The highest BCUT2D eigenvalue weighted by Crippen LogP contribution is 2.27. The molecule has 1 saturated heterocycles. The number of likely N-dealkylation sites (N-methyl/N-ethyl adjacent to an activating group) is 1. The zero-order valence-electron chi connectivity index (χ0n) is 10.9. The second kappa shape index (κ2) is 5.89. The maximum atomic E-state index is 3.45. The minimum Gasteiger partial charge on any atom is -0.313 e. The van der Waals surface area contributed by atoms with E-state index >= 15 is 0 Å². The van der Waals surface area contributed by atoms with Crippen LogP contribution in [0, 0.1) is 0 Å². The fourth-order valence-electron chi connectivity index (χ4n) is 2.00. The Kier molecular flexibility index (Phi) is 4.48. The Balaban J connectivity index is 1.98. The number of thioether (sulfide) groups is 1. The maximum absolute atomic E-state index is 3.45. The van der Waals surface area contributed by atoms with Gasteiger partial charge in [0.2, 0.25) is 0 Å². The van der Waals surface area contributed by atoms with Crippen LogP contribution in [0.2, 0.25) is 0 Å². The van der Waals surface area contributed by atoms with Gasteiger partial charge >= 0.3 is 0 Å². The van der Waals surface area contributed by atoms with E-state index in [9.17, 15) is 0 Å². The van der Waals surface area contributed by atoms with Crippen LogP contribution < -0.4 is 5.32 Å². The second-order valence-corrected chi connectivity index (χ2v) is 6.23. The van der Waals surface area contributed by atoms with Crippen molar-refractivity contribution in [1.29, 1.82) is 0 Å². The van der Waals surface area contributed by atoms with Gasteiger partial charge in [0.05, 0.1) is 5.37 Å². The van der Waals surface area contributed by atoms with Gasteiger partial charge in [-0.15, -0.1) is 11.8 Å². The molecule has 0 aliphatic carbocycles. The van der Waals surface area contributed by atoms with Gasteiger partial charge in [-0.3, -0.25) is 4.90 Å². The topological polar surface area (TPSA) is 15.3 Å². The standard InChI is InChI=1S/C14H22N2S/c1-11(2)12-4-6-13(7-5-12)17-14-10-15-8-9-16(14)3/h4-7,11,14-15H,8-10H2,1-3H3. The van der Waals surface area contributed by atoms with Gasteiger partial charge in [0.1, 0.15) is 0 Å². The first kappa shape index (κ1) is 12.9. The van der Waals surface area contributed by atoms with Gasteiger partial charge in [-0.1, -0.05) is 26.0 Å². The van der Waals surface area contributed by atoms with Crippen LogP contribution in [0.4, 0.5) is 0 Å². The van der Waals surface area contributed by atoms with E-state index in [1.54, 1.807) is 0 Å². The first-order chi connectivity index (χ1) is 8.16. The van der Waals surface area contributed by atoms with Crippen LogP contribution in [0.25, 0.3) is 0 Å². The van der Waals surface area contributed by atoms with E-state index in [0.29, 0.717) is 11.3 Å². The van der Waals surface area contributed by atoms with E-state index in [1.807, 2.05) is 11.8 Å². The molecule has 0 spiro atoms. The van der Waals surface area contributed by atoms with E-state index in [0.717, 1.165) is 19.6 Å². The molecule has 1 atom stereocenters. The van der Waals surface area contributed by atoms with Crippen molar-refractivity contribution in [3.63, 3.8) is 0 Å². The van der Waals surface area contributed by atoms with Crippen molar-refractivity contribution < 1.29 is 0 Å². The zero-order chi connectivity index (χ0) is 12.3. The van der Waals surface area contributed by atoms with Gasteiger partial charge < -0.3 is 5.32 Å². The number of nitrogens with one attached hydrogen (secondary N) is 1. The molecule has 1 N–H and O–H groups in total. The molecule has 1 aliphatic heterocycles. The lowest BCUT2D eigenvalue weighted by molar-refractivity contribution is 0.266. The van der Waals surface area contributed by atoms with E-state index in [-0.39, 0.29) is 0 Å². The predicted octanol–water partition coefficient (Wildman–Crippen LogP) is 2.76. The summed E-state index contributed by atoms with van der Waals surface area (Å²) >= 11 is 1.96. The Morgan fingerprint density at radius 1 is 1.29 bits per heavy atom. The van der Waals surface area contributed by atoms with Crippen LogP contribution in [0.3, 0.4) is 0 Å². The van der Waals surface area contributed by atoms with E-state index < -0.39 is 0 Å². The van der Waals surface area contributed by atoms with Crippen molar-refractivity contribution in [3.05, 3.63) is 29.8 Å². The van der Waals surface area contributed by atoms with Gasteiger partial charge in [0.25, 0.3) is 0 Å². The summed E-state index contributed by atoms with van der Waals surface area (Å²) in [5, 5.41) is 4.02. The Morgan fingerprint density at radius 2 is 2.00 bits per heavy atom. The molecule has 1 heterocycles. The Bertz CT molecular complexity index is 348. The lowest BCUT2D eigenvalue weighted by atomic mass is 10.0. The van der Waals surface area contributed by atoms with Crippen molar-refractivity contribution in [2.45, 2.75) is 30.0 Å². The van der Waals surface area contributed by atoms with Crippen molar-refractivity contribution in [1.82, 2.24) is 10.2 Å². The highest BCUT2D eigenvalue weighted by atomic mass is 32.2. The third-order valence-corrected chi connectivity index (χ3v) is 4.61. The molecular weight excluding hydrogens is 228 g/mol. The fraction of sp³-hybridized carbons (Fsp3) is 0.571. The Labute approximate surface area is 109 Å². The van der Waals surface area contributed by atoms with Gasteiger partial charge in [-0.2, -0.15) is 0 Å². The summed E-state index contributed by atoms with van der Waals surface area (Å²) in [6, 6.07) is 9.01. The van der Waals surface area contributed by atoms with Crippen molar-refractivity contribution in [3.8, 4) is 0 Å². The van der Waals surface area contributed by atoms with Gasteiger partial charge in [0, 0.05) is 24.5 Å². The van der Waals surface area contributed by atoms with Gasteiger partial charge in [0.15, 0.2) is 0 Å². The number of rotatable bonds is 3. The van der Waals surface area contributed by atoms with E-state index in [1.165, 1.54) is 10.5 Å². The van der Waals surface area contributed by atoms with Crippen LogP contribution in [-0.4, -0.2) is 37.0 Å². The molecule has 0 amide bonds. The first-order valence-electron chi connectivity index (χ1n) is 6.34. The monoisotopic (exact) mass is 250 g/mol. The number of hydrogen-bond donors (Lipinski definition) is 1. The highest BCUT2D eigenvalue weighted by Gasteiger charge is 2.19. The van der Waals surface area contributed by atoms with Crippen molar-refractivity contribution >= 4 is 11.8 Å². The predicted molar refractivity (Wildman–Crippen MR) is 75.7 cm³/mol. The summed E-state index contributed by atoms with van der Waals surface area (Å²) in [4.78, 5) is 3.80. The molecule has 2 rings (SSSR count). The molecule has 0 radical (unpaired) electrons. The normalized spacial score (nSPS) is 22.0. The van der Waals surface area contributed by atoms with Crippen molar-refractivity contribution in [2.24, 2.45) is 0 Å².